The van der Waals surface area contributed by atoms with Crippen molar-refractivity contribution in [2.45, 2.75) is 6.92 Å². The van der Waals surface area contributed by atoms with Crippen LogP contribution in [0.1, 0.15) is 6.92 Å². The molecule has 0 aliphatic carbocycles. The number of rotatable bonds is 0. The molecular formula is C16H27Cl4N4Ru2-. The van der Waals surface area contributed by atoms with Crippen LogP contribution in [-0.4, -0.2) is 52.1 Å². The fourth-order valence-corrected chi connectivity index (χ4v) is 2.52. The van der Waals surface area contributed by atoms with E-state index in [1.807, 2.05) is 92.9 Å². The molecule has 2 heterocycles. The van der Waals surface area contributed by atoms with E-state index in [9.17, 15) is 0 Å². The number of nitrogens with zero attached hydrogens (tertiary/aromatic N) is 4. The second-order valence-corrected chi connectivity index (χ2v) is 12.1. The zero-order valence-electron chi connectivity index (χ0n) is 15.7. The molecule has 0 radical (unpaired) electrons. The average Bonchev–Trinajstić information content (AvgIpc) is 3.10. The number of hydrogen-bond donors (Lipinski definition) is 0. The van der Waals surface area contributed by atoms with Crippen LogP contribution in [0.5, 0.6) is 0 Å². The summed E-state index contributed by atoms with van der Waals surface area (Å²) < 4.78 is 2.76. The summed E-state index contributed by atoms with van der Waals surface area (Å²) in [5.41, 5.74) is 0. The second kappa shape index (κ2) is 25.3. The Morgan fingerprint density at radius 3 is 1.15 bits per heavy atom. The van der Waals surface area contributed by atoms with Gasteiger partial charge in [0.15, 0.2) is 0 Å². The molecule has 0 saturated heterocycles. The number of hydrogen-bond acceptors (Lipinski definition) is 4. The minimum absolute atomic E-state index is 0. The first-order chi connectivity index (χ1) is 11.8. The minimum atomic E-state index is -1.57. The zero-order valence-corrected chi connectivity index (χ0v) is 22.2. The van der Waals surface area contributed by atoms with Crippen LogP contribution in [-0.2, 0) is 28.7 Å². The van der Waals surface area contributed by atoms with Crippen LogP contribution in [0.3, 0.4) is 0 Å². The van der Waals surface area contributed by atoms with Gasteiger partial charge in [0, 0.05) is 0 Å². The third-order valence-electron chi connectivity index (χ3n) is 1.98. The van der Waals surface area contributed by atoms with Crippen LogP contribution < -0.4 is 0 Å². The summed E-state index contributed by atoms with van der Waals surface area (Å²) in [5.74, 6) is 0. The molecule has 0 bridgehead atoms. The molecule has 0 fully saturated rings. The molecule has 2 aliphatic heterocycles. The van der Waals surface area contributed by atoms with E-state index in [0.717, 1.165) is 0 Å². The van der Waals surface area contributed by atoms with Gasteiger partial charge in [-0.15, -0.1) is 12.8 Å². The zero-order chi connectivity index (χ0) is 20.3. The predicted octanol–water partition coefficient (Wildman–Crippen LogP) is 4.87. The quantitative estimate of drug-likeness (QED) is 0.218. The Morgan fingerprint density at radius 1 is 0.885 bits per heavy atom. The summed E-state index contributed by atoms with van der Waals surface area (Å²) in [6.45, 7) is 5.85. The third kappa shape index (κ3) is 29.1. The molecule has 0 atom stereocenters. The molecule has 0 N–H and O–H groups in total. The van der Waals surface area contributed by atoms with Gasteiger partial charge in [-0.1, -0.05) is 0 Å². The number of allylic oxidation sites excluding steroid dienone is 1. The van der Waals surface area contributed by atoms with Crippen LogP contribution in [0.25, 0.3) is 0 Å². The van der Waals surface area contributed by atoms with Crippen molar-refractivity contribution in [2.75, 3.05) is 28.2 Å². The maximum atomic E-state index is 5.34. The Morgan fingerprint density at radius 2 is 1.12 bits per heavy atom. The van der Waals surface area contributed by atoms with Crippen molar-refractivity contribution >= 4 is 43.0 Å². The van der Waals surface area contributed by atoms with Crippen molar-refractivity contribution in [1.82, 2.24) is 19.6 Å². The summed E-state index contributed by atoms with van der Waals surface area (Å²) in [4.78, 5) is 8.00. The van der Waals surface area contributed by atoms with E-state index >= 15 is 0 Å². The van der Waals surface area contributed by atoms with Crippen molar-refractivity contribution in [3.8, 4) is 12.8 Å². The Hall–Kier alpha value is 0.297. The summed E-state index contributed by atoms with van der Waals surface area (Å²) in [5, 5.41) is 0. The molecule has 0 saturated carbocycles. The van der Waals surface area contributed by atoms with E-state index in [4.69, 9.17) is 38.8 Å². The van der Waals surface area contributed by atoms with Crippen LogP contribution in [0.2, 0.25) is 0 Å². The second-order valence-electron chi connectivity index (χ2n) is 4.11. The van der Waals surface area contributed by atoms with Gasteiger partial charge in [0.1, 0.15) is 0 Å². The van der Waals surface area contributed by atoms with Gasteiger partial charge in [-0.05, 0) is 53.0 Å². The van der Waals surface area contributed by atoms with Crippen LogP contribution >= 0.6 is 38.8 Å². The van der Waals surface area contributed by atoms with Crippen LogP contribution in [0.15, 0.2) is 30.9 Å². The fraction of sp³-hybridized carbons (Fsp3) is 0.312. The normalized spacial score (nSPS) is 13.3. The van der Waals surface area contributed by atoms with Crippen LogP contribution in [0, 0.1) is 33.6 Å². The van der Waals surface area contributed by atoms with Crippen molar-refractivity contribution in [3.63, 3.8) is 0 Å². The van der Waals surface area contributed by atoms with Crippen molar-refractivity contribution in [3.05, 3.63) is 51.6 Å². The molecule has 4 nitrogen and oxygen atoms in total. The van der Waals surface area contributed by atoms with E-state index in [2.05, 4.69) is 17.1 Å². The molecule has 0 unspecified atom stereocenters. The Labute approximate surface area is 189 Å². The van der Waals surface area contributed by atoms with Crippen molar-refractivity contribution in [1.29, 1.82) is 0 Å². The Bertz CT molecular complexity index is 405. The van der Waals surface area contributed by atoms with Crippen LogP contribution in [0.4, 0.5) is 0 Å². The summed E-state index contributed by atoms with van der Waals surface area (Å²) in [6, 6.07) is 0. The predicted molar refractivity (Wildman–Crippen MR) is 113 cm³/mol. The standard InChI is InChI=1S/2C5H9N2.C3H4.C2H2.CH3.4ClH.2Ru/c2*1-6-3-4-7(2)5-6;1-3-2;1-2;;;;;;;/h2*3-5H,1-2H3;3H,1H3;1-2H;1H3;4*1H;;/q2*-1;;;-1;;;;;+2;+4/p-4. The summed E-state index contributed by atoms with van der Waals surface area (Å²) >= 11 is -1.91. The maximum absolute atomic E-state index is 5.34. The Balaban J connectivity index is -0.000000123. The topological polar surface area (TPSA) is 13.0 Å². The molecule has 0 spiro atoms. The van der Waals surface area contributed by atoms with E-state index in [-0.39, 0.29) is 22.6 Å². The monoisotopic (exact) mass is 619 g/mol. The molecule has 0 amide bonds. The molecule has 0 aromatic rings. The van der Waals surface area contributed by atoms with Gasteiger partial charge < -0.3 is 27.0 Å². The number of halogens is 4. The molecule has 156 valence electrons. The number of terminal acetylenes is 1. The Kier molecular flexibility index (Phi) is 32.9. The molecular weight excluding hydrogens is 592 g/mol. The average molecular weight is 619 g/mol. The summed E-state index contributed by atoms with van der Waals surface area (Å²) in [7, 11) is 28.4. The van der Waals surface area contributed by atoms with E-state index in [1.54, 1.807) is 6.08 Å². The summed E-state index contributed by atoms with van der Waals surface area (Å²) in [6.07, 6.45) is 17.7. The van der Waals surface area contributed by atoms with Gasteiger partial charge in [0.2, 0.25) is 0 Å². The van der Waals surface area contributed by atoms with Gasteiger partial charge in [-0.3, -0.25) is 0 Å². The molecule has 0 aromatic heterocycles. The molecule has 26 heavy (non-hydrogen) atoms. The first-order valence-corrected chi connectivity index (χ1v) is 16.3. The van der Waals surface area contributed by atoms with Gasteiger partial charge >= 0.3 is 84.7 Å². The van der Waals surface area contributed by atoms with Gasteiger partial charge in [0.25, 0.3) is 0 Å². The van der Waals surface area contributed by atoms with E-state index in [1.165, 1.54) is 0 Å². The SMILES string of the molecule is C#C.CC=[C]=[Ru]([Cl])[Cl].CN1C=CN(C)[CH-]1.CN1C=CN(C)[CH-]1.[CH3-].[Cl][Ru+2][Cl]. The van der Waals surface area contributed by atoms with Crippen molar-refractivity contribution < 1.29 is 28.7 Å². The molecule has 10 heteroatoms. The van der Waals surface area contributed by atoms with Gasteiger partial charge in [-0.25, -0.2) is 0 Å². The molecule has 2 aliphatic rings. The fourth-order valence-electron chi connectivity index (χ4n) is 1.23. The third-order valence-corrected chi connectivity index (χ3v) is 3.78. The van der Waals surface area contributed by atoms with E-state index in [0.29, 0.717) is 0 Å². The molecule has 0 aromatic carbocycles. The first-order valence-electron chi connectivity index (χ1n) is 6.43. The van der Waals surface area contributed by atoms with Gasteiger partial charge in [0.05, 0.1) is 0 Å². The van der Waals surface area contributed by atoms with Gasteiger partial charge in [-0.2, -0.15) is 13.3 Å². The molecule has 2 rings (SSSR count). The van der Waals surface area contributed by atoms with Crippen molar-refractivity contribution in [2.24, 2.45) is 0 Å². The van der Waals surface area contributed by atoms with E-state index < -0.39 is 13.5 Å². The first kappa shape index (κ1) is 33.8.